The Morgan fingerprint density at radius 1 is 1.29 bits per heavy atom. The molecule has 0 aromatic rings. The molecule has 120 valence electrons. The van der Waals surface area contributed by atoms with Crippen LogP contribution in [-0.4, -0.2) is 48.2 Å². The number of nitrogens with one attached hydrogen (secondary N) is 2. The lowest BCUT2D eigenvalue weighted by molar-refractivity contribution is -0.142. The van der Waals surface area contributed by atoms with Crippen molar-refractivity contribution in [2.75, 3.05) is 13.2 Å². The number of rotatable bonds is 8. The molecule has 1 unspecified atom stereocenters. The monoisotopic (exact) mass is 300 g/mol. The first-order valence-corrected chi connectivity index (χ1v) is 7.29. The predicted octanol–water partition coefficient (Wildman–Crippen LogP) is 0.287. The fraction of sp³-hybridized carbons (Fsp3) is 0.786. The lowest BCUT2D eigenvalue weighted by Crippen LogP contribution is -2.46. The maximum absolute atomic E-state index is 11.7. The minimum Gasteiger partial charge on any atom is -0.480 e. The third kappa shape index (κ3) is 7.08. The molecule has 1 aliphatic rings. The van der Waals surface area contributed by atoms with Crippen LogP contribution in [0.25, 0.3) is 0 Å². The molecule has 7 nitrogen and oxygen atoms in total. The molecule has 0 aliphatic carbocycles. The average molecular weight is 300 g/mol. The number of aliphatic carboxylic acids is 1. The summed E-state index contributed by atoms with van der Waals surface area (Å²) in [5, 5.41) is 13.9. The molecule has 3 N–H and O–H groups in total. The molecule has 0 bridgehead atoms. The second-order valence-electron chi connectivity index (χ2n) is 5.70. The molecule has 0 aromatic carbocycles. The molecular formula is C14H24N2O5. The van der Waals surface area contributed by atoms with Crippen molar-refractivity contribution in [3.8, 4) is 0 Å². The largest absolute Gasteiger partial charge is 0.480 e. The van der Waals surface area contributed by atoms with Gasteiger partial charge in [-0.2, -0.15) is 0 Å². The quantitative estimate of drug-likeness (QED) is 0.597. The minimum atomic E-state index is -1.07. The van der Waals surface area contributed by atoms with Crippen LogP contribution in [0.5, 0.6) is 0 Å². The summed E-state index contributed by atoms with van der Waals surface area (Å²) >= 11 is 0. The number of hydrogen-bond acceptors (Lipinski definition) is 4. The number of carbonyl (C=O) groups excluding carboxylic acids is 2. The van der Waals surface area contributed by atoms with E-state index in [2.05, 4.69) is 10.6 Å². The molecule has 1 saturated heterocycles. The third-order valence-corrected chi connectivity index (χ3v) is 3.22. The standard InChI is InChI=1S/C14H24N2O5/c1-9(2)6-11(14(19)20)16-13(18)8-15-12(17)7-10-4-3-5-21-10/h9-11H,3-8H2,1-2H3,(H,15,17)(H,16,18)(H,19,20)/t10?,11-/m0/s1. The van der Waals surface area contributed by atoms with Gasteiger partial charge >= 0.3 is 5.97 Å². The highest BCUT2D eigenvalue weighted by atomic mass is 16.5. The fourth-order valence-corrected chi connectivity index (χ4v) is 2.20. The summed E-state index contributed by atoms with van der Waals surface area (Å²) in [7, 11) is 0. The van der Waals surface area contributed by atoms with Gasteiger partial charge in [0.15, 0.2) is 0 Å². The molecule has 0 aromatic heterocycles. The van der Waals surface area contributed by atoms with Crippen LogP contribution in [-0.2, 0) is 19.1 Å². The molecule has 7 heteroatoms. The van der Waals surface area contributed by atoms with E-state index in [1.54, 1.807) is 0 Å². The Morgan fingerprint density at radius 2 is 2.00 bits per heavy atom. The Hall–Kier alpha value is -1.63. The summed E-state index contributed by atoms with van der Waals surface area (Å²) in [5.41, 5.74) is 0. The number of ether oxygens (including phenoxy) is 1. The zero-order valence-corrected chi connectivity index (χ0v) is 12.6. The molecule has 21 heavy (non-hydrogen) atoms. The molecule has 2 amide bonds. The van der Waals surface area contributed by atoms with Crippen molar-refractivity contribution in [2.45, 2.75) is 51.7 Å². The molecule has 2 atom stereocenters. The second-order valence-corrected chi connectivity index (χ2v) is 5.70. The van der Waals surface area contributed by atoms with Crippen molar-refractivity contribution in [1.29, 1.82) is 0 Å². The van der Waals surface area contributed by atoms with Gasteiger partial charge in [-0.1, -0.05) is 13.8 Å². The van der Waals surface area contributed by atoms with E-state index in [-0.39, 0.29) is 30.9 Å². The zero-order chi connectivity index (χ0) is 15.8. The number of hydrogen-bond donors (Lipinski definition) is 3. The Labute approximate surface area is 124 Å². The normalized spacial score (nSPS) is 19.3. The molecule has 1 aliphatic heterocycles. The maximum atomic E-state index is 11.7. The van der Waals surface area contributed by atoms with Gasteiger partial charge in [-0.3, -0.25) is 9.59 Å². The summed E-state index contributed by atoms with van der Waals surface area (Å²) in [6, 6.07) is -0.924. The summed E-state index contributed by atoms with van der Waals surface area (Å²) in [5.74, 6) is -1.67. The van der Waals surface area contributed by atoms with E-state index >= 15 is 0 Å². The van der Waals surface area contributed by atoms with E-state index < -0.39 is 17.9 Å². The molecule has 0 saturated carbocycles. The van der Waals surface area contributed by atoms with Crippen molar-refractivity contribution >= 4 is 17.8 Å². The lowest BCUT2D eigenvalue weighted by Gasteiger charge is -2.16. The van der Waals surface area contributed by atoms with Crippen LogP contribution in [0.3, 0.4) is 0 Å². The Bertz CT molecular complexity index is 378. The van der Waals surface area contributed by atoms with Gasteiger partial charge in [0.2, 0.25) is 11.8 Å². The number of carboxylic acids is 1. The first kappa shape index (κ1) is 17.4. The molecular weight excluding hydrogens is 276 g/mol. The van der Waals surface area contributed by atoms with Gasteiger partial charge in [-0.15, -0.1) is 0 Å². The second kappa shape index (κ2) is 8.61. The van der Waals surface area contributed by atoms with E-state index in [1.807, 2.05) is 13.8 Å². The van der Waals surface area contributed by atoms with Crippen LogP contribution in [0, 0.1) is 5.92 Å². The van der Waals surface area contributed by atoms with E-state index in [4.69, 9.17) is 9.84 Å². The smallest absolute Gasteiger partial charge is 0.326 e. The summed E-state index contributed by atoms with van der Waals surface area (Å²) < 4.78 is 5.33. The lowest BCUT2D eigenvalue weighted by atomic mass is 10.0. The van der Waals surface area contributed by atoms with Crippen molar-refractivity contribution < 1.29 is 24.2 Å². The van der Waals surface area contributed by atoms with Gasteiger partial charge in [-0.05, 0) is 25.2 Å². The highest BCUT2D eigenvalue weighted by Crippen LogP contribution is 2.14. The van der Waals surface area contributed by atoms with Crippen LogP contribution in [0.15, 0.2) is 0 Å². The first-order chi connectivity index (χ1) is 9.88. The molecule has 1 heterocycles. The zero-order valence-electron chi connectivity index (χ0n) is 12.6. The van der Waals surface area contributed by atoms with Crippen LogP contribution in [0.2, 0.25) is 0 Å². The van der Waals surface area contributed by atoms with E-state index in [0.717, 1.165) is 12.8 Å². The van der Waals surface area contributed by atoms with Crippen molar-refractivity contribution in [3.63, 3.8) is 0 Å². The summed E-state index contributed by atoms with van der Waals surface area (Å²) in [6.07, 6.45) is 2.33. The van der Waals surface area contributed by atoms with Gasteiger partial charge in [0.25, 0.3) is 0 Å². The Kier molecular flexibility index (Phi) is 7.14. The van der Waals surface area contributed by atoms with E-state index in [0.29, 0.717) is 13.0 Å². The van der Waals surface area contributed by atoms with E-state index in [9.17, 15) is 14.4 Å². The van der Waals surface area contributed by atoms with Crippen LogP contribution < -0.4 is 10.6 Å². The fourth-order valence-electron chi connectivity index (χ4n) is 2.20. The third-order valence-electron chi connectivity index (χ3n) is 3.22. The van der Waals surface area contributed by atoms with Crippen LogP contribution in [0.1, 0.15) is 39.5 Å². The highest BCUT2D eigenvalue weighted by molar-refractivity contribution is 5.87. The Morgan fingerprint density at radius 3 is 2.52 bits per heavy atom. The summed E-state index contributed by atoms with van der Waals surface area (Å²) in [6.45, 7) is 4.22. The SMILES string of the molecule is CC(C)C[C@H](NC(=O)CNC(=O)CC1CCCO1)C(=O)O. The van der Waals surface area contributed by atoms with Crippen molar-refractivity contribution in [3.05, 3.63) is 0 Å². The minimum absolute atomic E-state index is 0.0687. The van der Waals surface area contributed by atoms with Gasteiger partial charge in [0, 0.05) is 6.61 Å². The van der Waals surface area contributed by atoms with Crippen LogP contribution >= 0.6 is 0 Å². The van der Waals surface area contributed by atoms with Gasteiger partial charge in [0.1, 0.15) is 6.04 Å². The number of carbonyl (C=O) groups is 3. The maximum Gasteiger partial charge on any atom is 0.326 e. The molecule has 0 spiro atoms. The molecule has 1 fully saturated rings. The predicted molar refractivity (Wildman–Crippen MR) is 75.6 cm³/mol. The van der Waals surface area contributed by atoms with Gasteiger partial charge in [-0.25, -0.2) is 4.79 Å². The topological polar surface area (TPSA) is 105 Å². The average Bonchev–Trinajstić information content (AvgIpc) is 2.87. The first-order valence-electron chi connectivity index (χ1n) is 7.29. The van der Waals surface area contributed by atoms with Crippen LogP contribution in [0.4, 0.5) is 0 Å². The number of amides is 2. The van der Waals surface area contributed by atoms with E-state index in [1.165, 1.54) is 0 Å². The van der Waals surface area contributed by atoms with Gasteiger partial charge < -0.3 is 20.5 Å². The molecule has 0 radical (unpaired) electrons. The summed E-state index contributed by atoms with van der Waals surface area (Å²) in [4.78, 5) is 34.3. The van der Waals surface area contributed by atoms with Gasteiger partial charge in [0.05, 0.1) is 19.1 Å². The highest BCUT2D eigenvalue weighted by Gasteiger charge is 2.22. The van der Waals surface area contributed by atoms with Crippen molar-refractivity contribution in [2.24, 2.45) is 5.92 Å². The molecule has 1 rings (SSSR count). The number of carboxylic acid groups (broad SMARTS) is 1. The Balaban J connectivity index is 2.28. The van der Waals surface area contributed by atoms with Crippen molar-refractivity contribution in [1.82, 2.24) is 10.6 Å².